The molecule has 1 heterocycles. The van der Waals surface area contributed by atoms with Gasteiger partial charge in [0.2, 0.25) is 0 Å². The Labute approximate surface area is 192 Å². The number of methoxy groups -OCH3 is 2. The van der Waals surface area contributed by atoms with Gasteiger partial charge in [0.25, 0.3) is 5.91 Å². The summed E-state index contributed by atoms with van der Waals surface area (Å²) in [5.41, 5.74) is 3.02. The lowest BCUT2D eigenvalue weighted by molar-refractivity contribution is -0.0438. The molecule has 6 nitrogen and oxygen atoms in total. The highest BCUT2D eigenvalue weighted by atomic mass is 16.5. The van der Waals surface area contributed by atoms with Crippen molar-refractivity contribution in [2.24, 2.45) is 5.92 Å². The van der Waals surface area contributed by atoms with Crippen LogP contribution in [0.25, 0.3) is 0 Å². The lowest BCUT2D eigenvalue weighted by atomic mass is 10.1. The monoisotopic (exact) mass is 440 g/mol. The molecule has 2 aromatic rings. The fourth-order valence-corrected chi connectivity index (χ4v) is 4.06. The first-order valence-corrected chi connectivity index (χ1v) is 11.3. The van der Waals surface area contributed by atoms with Crippen molar-refractivity contribution in [3.05, 3.63) is 59.2 Å². The van der Waals surface area contributed by atoms with Crippen molar-refractivity contribution >= 4 is 5.91 Å². The molecule has 1 aliphatic rings. The number of ether oxygens (including phenoxy) is 3. The first-order valence-electron chi connectivity index (χ1n) is 11.3. The summed E-state index contributed by atoms with van der Waals surface area (Å²) in [7, 11) is 3.33. The van der Waals surface area contributed by atoms with Gasteiger partial charge < -0.3 is 19.1 Å². The molecular formula is C26H36N2O4. The van der Waals surface area contributed by atoms with Crippen LogP contribution in [-0.4, -0.2) is 68.8 Å². The van der Waals surface area contributed by atoms with E-state index in [4.69, 9.17) is 14.2 Å². The van der Waals surface area contributed by atoms with Crippen LogP contribution in [0.3, 0.4) is 0 Å². The summed E-state index contributed by atoms with van der Waals surface area (Å²) in [6, 6.07) is 13.8. The molecule has 0 spiro atoms. The molecule has 0 aliphatic carbocycles. The van der Waals surface area contributed by atoms with Crippen LogP contribution in [0.1, 0.15) is 35.3 Å². The van der Waals surface area contributed by atoms with Gasteiger partial charge in [-0.25, -0.2) is 0 Å². The third-order valence-electron chi connectivity index (χ3n) is 5.64. The van der Waals surface area contributed by atoms with E-state index in [0.717, 1.165) is 47.8 Å². The second-order valence-electron chi connectivity index (χ2n) is 8.92. The second kappa shape index (κ2) is 11.3. The maximum Gasteiger partial charge on any atom is 0.253 e. The molecule has 32 heavy (non-hydrogen) atoms. The van der Waals surface area contributed by atoms with E-state index in [1.807, 2.05) is 54.3 Å². The van der Waals surface area contributed by atoms with Crippen molar-refractivity contribution in [1.82, 2.24) is 9.80 Å². The van der Waals surface area contributed by atoms with Gasteiger partial charge in [-0.2, -0.15) is 0 Å². The van der Waals surface area contributed by atoms with Gasteiger partial charge in [0, 0.05) is 44.4 Å². The average Bonchev–Trinajstić information content (AvgIpc) is 2.78. The third-order valence-corrected chi connectivity index (χ3v) is 5.64. The van der Waals surface area contributed by atoms with E-state index < -0.39 is 0 Å². The summed E-state index contributed by atoms with van der Waals surface area (Å²) in [5, 5.41) is 0. The summed E-state index contributed by atoms with van der Waals surface area (Å²) in [6.45, 7) is 10.7. The summed E-state index contributed by atoms with van der Waals surface area (Å²) in [6.07, 6.45) is -0.0237. The number of hydrogen-bond donors (Lipinski definition) is 0. The molecule has 0 bridgehead atoms. The first-order chi connectivity index (χ1) is 15.4. The van der Waals surface area contributed by atoms with Gasteiger partial charge in [0.1, 0.15) is 11.5 Å². The number of benzene rings is 2. The van der Waals surface area contributed by atoms with E-state index in [1.165, 1.54) is 0 Å². The smallest absolute Gasteiger partial charge is 0.253 e. The fourth-order valence-electron chi connectivity index (χ4n) is 4.06. The number of rotatable bonds is 9. The van der Waals surface area contributed by atoms with Gasteiger partial charge in [-0.1, -0.05) is 31.5 Å². The Balaban J connectivity index is 1.67. The van der Waals surface area contributed by atoms with Crippen molar-refractivity contribution in [1.29, 1.82) is 0 Å². The molecule has 1 saturated heterocycles. The normalized spacial score (nSPS) is 16.8. The molecule has 174 valence electrons. The van der Waals surface area contributed by atoms with Gasteiger partial charge in [-0.15, -0.1) is 0 Å². The van der Waals surface area contributed by atoms with Gasteiger partial charge >= 0.3 is 0 Å². The quantitative estimate of drug-likeness (QED) is 0.590. The average molecular weight is 441 g/mol. The van der Waals surface area contributed by atoms with Crippen LogP contribution in [-0.2, 0) is 11.3 Å². The highest BCUT2D eigenvalue weighted by molar-refractivity contribution is 5.94. The molecular weight excluding hydrogens is 404 g/mol. The molecule has 1 aliphatic heterocycles. The molecule has 0 N–H and O–H groups in total. The zero-order valence-corrected chi connectivity index (χ0v) is 20.0. The van der Waals surface area contributed by atoms with Crippen molar-refractivity contribution < 1.29 is 19.0 Å². The van der Waals surface area contributed by atoms with E-state index in [0.29, 0.717) is 25.6 Å². The molecule has 3 rings (SSSR count). The summed E-state index contributed by atoms with van der Waals surface area (Å²) < 4.78 is 16.9. The summed E-state index contributed by atoms with van der Waals surface area (Å²) in [4.78, 5) is 17.5. The topological polar surface area (TPSA) is 51.2 Å². The predicted molar refractivity (Wildman–Crippen MR) is 126 cm³/mol. The van der Waals surface area contributed by atoms with E-state index in [-0.39, 0.29) is 12.0 Å². The number of nitrogens with zero attached hydrogens (tertiary/aromatic N) is 2. The molecule has 1 amide bonds. The van der Waals surface area contributed by atoms with Crippen molar-refractivity contribution in [2.45, 2.75) is 33.4 Å². The number of aryl methyl sites for hydroxylation is 1. The number of amides is 1. The maximum atomic E-state index is 13.2. The lowest BCUT2D eigenvalue weighted by Gasteiger charge is -2.36. The molecule has 2 aromatic carbocycles. The lowest BCUT2D eigenvalue weighted by Crippen LogP contribution is -2.49. The fraction of sp³-hybridized carbons (Fsp3) is 0.500. The third kappa shape index (κ3) is 6.71. The highest BCUT2D eigenvalue weighted by Gasteiger charge is 2.26. The largest absolute Gasteiger partial charge is 0.497 e. The Kier molecular flexibility index (Phi) is 8.53. The maximum absolute atomic E-state index is 13.2. The zero-order chi connectivity index (χ0) is 23.1. The van der Waals surface area contributed by atoms with E-state index >= 15 is 0 Å². The Morgan fingerprint density at radius 3 is 2.38 bits per heavy atom. The van der Waals surface area contributed by atoms with Crippen LogP contribution < -0.4 is 9.47 Å². The Bertz CT molecular complexity index is 860. The van der Waals surface area contributed by atoms with Crippen molar-refractivity contribution in [2.75, 3.05) is 47.0 Å². The molecule has 0 saturated carbocycles. The van der Waals surface area contributed by atoms with E-state index in [9.17, 15) is 4.79 Å². The molecule has 0 radical (unpaired) electrons. The van der Waals surface area contributed by atoms with Gasteiger partial charge in [0.15, 0.2) is 0 Å². The molecule has 6 heteroatoms. The zero-order valence-electron chi connectivity index (χ0n) is 20.0. The first kappa shape index (κ1) is 24.1. The van der Waals surface area contributed by atoms with Crippen LogP contribution in [0.4, 0.5) is 0 Å². The summed E-state index contributed by atoms with van der Waals surface area (Å²) in [5.74, 6) is 2.03. The molecule has 1 fully saturated rings. The number of carbonyl (C=O) groups excluding carboxylic acids is 1. The Morgan fingerprint density at radius 1 is 1.12 bits per heavy atom. The highest BCUT2D eigenvalue weighted by Crippen LogP contribution is 2.24. The van der Waals surface area contributed by atoms with Crippen molar-refractivity contribution in [3.63, 3.8) is 0 Å². The minimum Gasteiger partial charge on any atom is -0.497 e. The van der Waals surface area contributed by atoms with E-state index in [2.05, 4.69) is 18.7 Å². The standard InChI is InChI=1S/C26H36N2O4/c1-19(2)15-28(26(29)22-8-6-20(3)7-9-22)18-25-17-27(10-11-32-25)16-21-12-23(30-4)14-24(13-21)31-5/h6-9,12-14,19,25H,10-11,15-18H2,1-5H3. The van der Waals surface area contributed by atoms with Gasteiger partial charge in [-0.05, 0) is 42.7 Å². The SMILES string of the molecule is COc1cc(CN2CCOC(CN(CC(C)C)C(=O)c3ccc(C)cc3)C2)cc(OC)c1. The van der Waals surface area contributed by atoms with E-state index in [1.54, 1.807) is 14.2 Å². The molecule has 0 aromatic heterocycles. The number of hydrogen-bond acceptors (Lipinski definition) is 5. The van der Waals surface area contributed by atoms with Gasteiger partial charge in [-0.3, -0.25) is 9.69 Å². The number of carbonyl (C=O) groups is 1. The minimum absolute atomic E-state index is 0.0237. The Hall–Kier alpha value is -2.57. The Morgan fingerprint density at radius 2 is 1.78 bits per heavy atom. The van der Waals surface area contributed by atoms with Crippen LogP contribution in [0.2, 0.25) is 0 Å². The van der Waals surface area contributed by atoms with Crippen LogP contribution in [0.15, 0.2) is 42.5 Å². The second-order valence-corrected chi connectivity index (χ2v) is 8.92. The van der Waals surface area contributed by atoms with Crippen LogP contribution in [0, 0.1) is 12.8 Å². The predicted octanol–water partition coefficient (Wildman–Crippen LogP) is 4.01. The molecule has 1 atom stereocenters. The van der Waals surface area contributed by atoms with Gasteiger partial charge in [0.05, 0.1) is 26.9 Å². The number of morpholine rings is 1. The molecule has 1 unspecified atom stereocenters. The van der Waals surface area contributed by atoms with Crippen LogP contribution in [0.5, 0.6) is 11.5 Å². The minimum atomic E-state index is -0.0237. The van der Waals surface area contributed by atoms with Crippen molar-refractivity contribution in [3.8, 4) is 11.5 Å². The van der Waals surface area contributed by atoms with Crippen LogP contribution >= 0.6 is 0 Å². The summed E-state index contributed by atoms with van der Waals surface area (Å²) >= 11 is 0.